The zero-order valence-electron chi connectivity index (χ0n) is 14.5. The van der Waals surface area contributed by atoms with E-state index < -0.39 is 11.9 Å². The number of anilines is 2. The van der Waals surface area contributed by atoms with E-state index in [2.05, 4.69) is 0 Å². The standard InChI is InChI=1S/2C8H10N2O2.2BrH.H2O/c2*9-7-1-4-10(5-2-7)6-3-8(11)12;;;/h2*1-2,4-5,9H,3,6H2,(H,11,12);2*1H;1H2. The molecule has 0 aromatic carbocycles. The molecule has 0 aliphatic heterocycles. The van der Waals surface area contributed by atoms with Gasteiger partial charge in [-0.1, -0.05) is 0 Å². The largest absolute Gasteiger partial charge is 1.00 e. The van der Waals surface area contributed by atoms with Gasteiger partial charge in [0.15, 0.2) is 37.9 Å². The van der Waals surface area contributed by atoms with Crippen LogP contribution >= 0.6 is 0 Å². The third-order valence-electron chi connectivity index (χ3n) is 3.00. The van der Waals surface area contributed by atoms with E-state index in [0.29, 0.717) is 24.5 Å². The van der Waals surface area contributed by atoms with Crippen LogP contribution in [0.25, 0.3) is 0 Å². The number of aromatic nitrogens is 2. The number of nitrogens with two attached hydrogens (primary N) is 2. The third-order valence-corrected chi connectivity index (χ3v) is 3.00. The Kier molecular flexibility index (Phi) is 17.5. The summed E-state index contributed by atoms with van der Waals surface area (Å²) in [5, 5.41) is 16.8. The lowest BCUT2D eigenvalue weighted by molar-refractivity contribution is -0.696. The molecular weight excluding hydrogens is 488 g/mol. The molecule has 9 nitrogen and oxygen atoms in total. The molecule has 2 aromatic rings. The van der Waals surface area contributed by atoms with E-state index in [4.69, 9.17) is 21.7 Å². The number of aliphatic carboxylic acids is 2. The molecule has 0 saturated carbocycles. The van der Waals surface area contributed by atoms with Gasteiger partial charge in [-0.25, -0.2) is 9.13 Å². The fourth-order valence-corrected chi connectivity index (χ4v) is 1.69. The molecule has 152 valence electrons. The number of carboxylic acid groups (broad SMARTS) is 2. The van der Waals surface area contributed by atoms with Crippen LogP contribution in [0, 0.1) is 0 Å². The highest BCUT2D eigenvalue weighted by Gasteiger charge is 2.04. The van der Waals surface area contributed by atoms with E-state index in [9.17, 15) is 9.59 Å². The number of rotatable bonds is 6. The maximum Gasteiger partial charge on any atom is 0.309 e. The van der Waals surface area contributed by atoms with Crippen LogP contribution in [0.2, 0.25) is 0 Å². The van der Waals surface area contributed by atoms with Crippen molar-refractivity contribution in [1.29, 1.82) is 0 Å². The van der Waals surface area contributed by atoms with Crippen LogP contribution in [0.1, 0.15) is 12.8 Å². The molecule has 0 amide bonds. The molecule has 0 bridgehead atoms. The molecule has 8 N–H and O–H groups in total. The van der Waals surface area contributed by atoms with Crippen molar-refractivity contribution in [3.8, 4) is 0 Å². The van der Waals surface area contributed by atoms with E-state index in [0.717, 1.165) is 0 Å². The minimum Gasteiger partial charge on any atom is -1.00 e. The van der Waals surface area contributed by atoms with Crippen molar-refractivity contribution < 1.29 is 68.4 Å². The molecule has 0 fully saturated rings. The van der Waals surface area contributed by atoms with Gasteiger partial charge in [-0.2, -0.15) is 0 Å². The minimum atomic E-state index is -0.792. The predicted molar refractivity (Wildman–Crippen MR) is 90.2 cm³/mol. The maximum atomic E-state index is 10.2. The Morgan fingerprint density at radius 3 is 1.22 bits per heavy atom. The molecule has 2 aromatic heterocycles. The Hall–Kier alpha value is -2.24. The molecule has 0 spiro atoms. The van der Waals surface area contributed by atoms with Gasteiger partial charge in [0.2, 0.25) is 0 Å². The van der Waals surface area contributed by atoms with Crippen LogP contribution in [0.3, 0.4) is 0 Å². The zero-order chi connectivity index (χ0) is 17.9. The van der Waals surface area contributed by atoms with Gasteiger partial charge in [-0.15, -0.1) is 0 Å². The molecular formula is C16H24Br2N4O5. The molecule has 0 radical (unpaired) electrons. The van der Waals surface area contributed by atoms with Crippen molar-refractivity contribution in [2.75, 3.05) is 11.5 Å². The van der Waals surface area contributed by atoms with Crippen LogP contribution in [0.5, 0.6) is 0 Å². The van der Waals surface area contributed by atoms with Gasteiger partial charge in [0.05, 0.1) is 0 Å². The first-order chi connectivity index (χ1) is 11.4. The first-order valence-electron chi connectivity index (χ1n) is 7.29. The van der Waals surface area contributed by atoms with Crippen molar-refractivity contribution >= 4 is 23.3 Å². The fraction of sp³-hybridized carbons (Fsp3) is 0.250. The van der Waals surface area contributed by atoms with Gasteiger partial charge in [0.25, 0.3) is 0 Å². The predicted octanol–water partition coefficient (Wildman–Crippen LogP) is -6.75. The number of hydrogen-bond donors (Lipinski definition) is 4. The fourth-order valence-electron chi connectivity index (χ4n) is 1.69. The monoisotopic (exact) mass is 510 g/mol. The summed E-state index contributed by atoms with van der Waals surface area (Å²) in [5.74, 6) is -1.58. The van der Waals surface area contributed by atoms with Crippen LogP contribution < -0.4 is 54.6 Å². The highest BCUT2D eigenvalue weighted by atomic mass is 79.9. The first kappa shape index (κ1) is 29.5. The summed E-state index contributed by atoms with van der Waals surface area (Å²) in [6.45, 7) is 0.964. The smallest absolute Gasteiger partial charge is 0.309 e. The molecule has 0 aliphatic rings. The van der Waals surface area contributed by atoms with Crippen molar-refractivity contribution in [2.45, 2.75) is 25.9 Å². The molecule has 0 atom stereocenters. The summed E-state index contributed by atoms with van der Waals surface area (Å²) in [5.41, 5.74) is 12.3. The van der Waals surface area contributed by atoms with Crippen LogP contribution in [0.4, 0.5) is 11.4 Å². The third kappa shape index (κ3) is 14.6. The quantitative estimate of drug-likeness (QED) is 0.281. The van der Waals surface area contributed by atoms with Crippen LogP contribution in [0.15, 0.2) is 49.1 Å². The van der Waals surface area contributed by atoms with Gasteiger partial charge >= 0.3 is 11.9 Å². The number of carbonyl (C=O) groups is 2. The molecule has 0 unspecified atom stereocenters. The first-order valence-corrected chi connectivity index (χ1v) is 7.29. The number of nitrogen functional groups attached to an aromatic ring is 2. The van der Waals surface area contributed by atoms with Gasteiger partial charge in [0, 0.05) is 35.6 Å². The lowest BCUT2D eigenvalue weighted by Crippen LogP contribution is -3.00. The van der Waals surface area contributed by atoms with Gasteiger partial charge in [-0.05, 0) is 0 Å². The molecule has 27 heavy (non-hydrogen) atoms. The lowest BCUT2D eigenvalue weighted by atomic mass is 10.4. The Labute approximate surface area is 178 Å². The number of carboxylic acids is 2. The van der Waals surface area contributed by atoms with Gasteiger partial charge in [0.1, 0.15) is 12.8 Å². The molecule has 2 heterocycles. The Morgan fingerprint density at radius 2 is 1.00 bits per heavy atom. The molecule has 0 aliphatic carbocycles. The van der Waals surface area contributed by atoms with Gasteiger partial charge < -0.3 is 61.1 Å². The Morgan fingerprint density at radius 1 is 0.741 bits per heavy atom. The SMILES string of the molecule is Nc1cc[n+](CCC(=O)O)cc1.Nc1cc[n+](CCC(=O)O)cc1.O.[Br-].[Br-]. The number of nitrogens with zero attached hydrogens (tertiary/aromatic N) is 2. The molecule has 11 heteroatoms. The highest BCUT2D eigenvalue weighted by Crippen LogP contribution is 1.94. The average Bonchev–Trinajstić information content (AvgIpc) is 2.54. The van der Waals surface area contributed by atoms with E-state index in [1.165, 1.54) is 0 Å². The summed E-state index contributed by atoms with van der Waals surface area (Å²) in [7, 11) is 0. The maximum absolute atomic E-state index is 10.2. The van der Waals surface area contributed by atoms with E-state index in [1.807, 2.05) is 0 Å². The Balaban J connectivity index is -0.000000384. The second kappa shape index (κ2) is 16.0. The Bertz CT molecular complexity index is 610. The normalized spacial score (nSPS) is 8.59. The van der Waals surface area contributed by atoms with Crippen molar-refractivity contribution in [1.82, 2.24) is 0 Å². The number of halogens is 2. The minimum absolute atomic E-state index is 0. The van der Waals surface area contributed by atoms with Crippen LogP contribution in [-0.2, 0) is 22.7 Å². The summed E-state index contributed by atoms with van der Waals surface area (Å²) >= 11 is 0. The van der Waals surface area contributed by atoms with Crippen LogP contribution in [-0.4, -0.2) is 27.6 Å². The lowest BCUT2D eigenvalue weighted by Gasteiger charge is -1.93. The second-order valence-corrected chi connectivity index (χ2v) is 5.03. The van der Waals surface area contributed by atoms with Crippen molar-refractivity contribution in [3.05, 3.63) is 49.1 Å². The summed E-state index contributed by atoms with van der Waals surface area (Å²) in [6, 6.07) is 6.95. The van der Waals surface area contributed by atoms with Crippen molar-refractivity contribution in [2.24, 2.45) is 0 Å². The van der Waals surface area contributed by atoms with Gasteiger partial charge in [-0.3, -0.25) is 9.59 Å². The second-order valence-electron chi connectivity index (χ2n) is 5.03. The number of pyridine rings is 2. The molecule has 0 saturated heterocycles. The topological polar surface area (TPSA) is 166 Å². The van der Waals surface area contributed by atoms with Crippen molar-refractivity contribution in [3.63, 3.8) is 0 Å². The number of aryl methyl sites for hydroxylation is 2. The zero-order valence-corrected chi connectivity index (χ0v) is 17.6. The summed E-state index contributed by atoms with van der Waals surface area (Å²) in [4.78, 5) is 20.4. The number of hydrogen-bond acceptors (Lipinski definition) is 4. The highest BCUT2D eigenvalue weighted by molar-refractivity contribution is 5.66. The van der Waals surface area contributed by atoms with E-state index in [1.54, 1.807) is 58.2 Å². The van der Waals surface area contributed by atoms with E-state index >= 15 is 0 Å². The van der Waals surface area contributed by atoms with E-state index in [-0.39, 0.29) is 52.3 Å². The summed E-state index contributed by atoms with van der Waals surface area (Å²) < 4.78 is 3.56. The summed E-state index contributed by atoms with van der Waals surface area (Å²) in [6.07, 6.45) is 7.32. The average molecular weight is 512 g/mol. The molecule has 2 rings (SSSR count).